The van der Waals surface area contributed by atoms with E-state index in [1.54, 1.807) is 48.3 Å². The third-order valence-electron chi connectivity index (χ3n) is 5.46. The van der Waals surface area contributed by atoms with Crippen molar-refractivity contribution in [1.29, 1.82) is 0 Å². The summed E-state index contributed by atoms with van der Waals surface area (Å²) in [5.41, 5.74) is 2.05. The Morgan fingerprint density at radius 2 is 1.60 bits per heavy atom. The van der Waals surface area contributed by atoms with E-state index in [4.69, 9.17) is 5.11 Å². The second-order valence-corrected chi connectivity index (χ2v) is 9.63. The first-order valence-electron chi connectivity index (χ1n) is 9.82. The Labute approximate surface area is 177 Å². The summed E-state index contributed by atoms with van der Waals surface area (Å²) in [6.45, 7) is 2.91. The molecule has 8 heteroatoms. The number of aryl methyl sites for hydroxylation is 1. The molecule has 2 aromatic carbocycles. The average Bonchev–Trinajstić information content (AvgIpc) is 2.74. The van der Waals surface area contributed by atoms with Gasteiger partial charge in [0.25, 0.3) is 0 Å². The highest BCUT2D eigenvalue weighted by atomic mass is 32.2. The fourth-order valence-corrected chi connectivity index (χ4v) is 5.09. The van der Waals surface area contributed by atoms with Crippen molar-refractivity contribution >= 4 is 21.9 Å². The van der Waals surface area contributed by atoms with Gasteiger partial charge < -0.3 is 10.0 Å². The van der Waals surface area contributed by atoms with Crippen LogP contribution >= 0.6 is 0 Å². The molecule has 1 N–H and O–H groups in total. The van der Waals surface area contributed by atoms with Crippen LogP contribution in [0, 0.1) is 12.8 Å². The number of carbonyl (C=O) groups excluding carboxylic acids is 1. The monoisotopic (exact) mass is 430 g/mol. The van der Waals surface area contributed by atoms with Gasteiger partial charge in [0.15, 0.2) is 0 Å². The van der Waals surface area contributed by atoms with Crippen LogP contribution in [0.1, 0.15) is 34.3 Å². The highest BCUT2D eigenvalue weighted by Gasteiger charge is 2.33. The van der Waals surface area contributed by atoms with Crippen molar-refractivity contribution in [2.45, 2.75) is 31.2 Å². The molecule has 1 heterocycles. The fraction of sp³-hybridized carbons (Fsp3) is 0.364. The van der Waals surface area contributed by atoms with Crippen LogP contribution in [0.15, 0.2) is 53.4 Å². The summed E-state index contributed by atoms with van der Waals surface area (Å²) in [6, 6.07) is 13.2. The van der Waals surface area contributed by atoms with Crippen molar-refractivity contribution in [1.82, 2.24) is 9.21 Å². The molecule has 0 bridgehead atoms. The van der Waals surface area contributed by atoms with Crippen molar-refractivity contribution in [2.24, 2.45) is 5.92 Å². The number of nitrogens with zero attached hydrogens (tertiary/aromatic N) is 2. The Hall–Kier alpha value is -2.71. The molecule has 1 fully saturated rings. The summed E-state index contributed by atoms with van der Waals surface area (Å²) < 4.78 is 27.1. The quantitative estimate of drug-likeness (QED) is 0.760. The summed E-state index contributed by atoms with van der Waals surface area (Å²) in [5, 5.41) is 8.97. The predicted octanol–water partition coefficient (Wildman–Crippen LogP) is 2.75. The summed E-state index contributed by atoms with van der Waals surface area (Å²) >= 11 is 0. The normalized spacial score (nSPS) is 15.7. The molecule has 1 saturated heterocycles. The fourth-order valence-electron chi connectivity index (χ4n) is 3.62. The molecule has 0 atom stereocenters. The number of carbonyl (C=O) groups is 2. The van der Waals surface area contributed by atoms with Crippen LogP contribution in [0.5, 0.6) is 0 Å². The van der Waals surface area contributed by atoms with Gasteiger partial charge in [-0.15, -0.1) is 0 Å². The van der Waals surface area contributed by atoms with E-state index in [0.29, 0.717) is 32.5 Å². The highest BCUT2D eigenvalue weighted by Crippen LogP contribution is 2.25. The summed E-state index contributed by atoms with van der Waals surface area (Å²) in [6.07, 6.45) is 0.957. The summed E-state index contributed by atoms with van der Waals surface area (Å²) in [5.74, 6) is -1.24. The SMILES string of the molecule is Cc1ccc(S(=O)(=O)N2CCC(C(=O)N(C)Cc3ccc(C(=O)O)cc3)CC2)cc1. The van der Waals surface area contributed by atoms with Gasteiger partial charge in [-0.2, -0.15) is 4.31 Å². The maximum atomic E-state index is 12.8. The van der Waals surface area contributed by atoms with E-state index in [2.05, 4.69) is 0 Å². The lowest BCUT2D eigenvalue weighted by atomic mass is 9.96. The molecular formula is C22H26N2O5S. The summed E-state index contributed by atoms with van der Waals surface area (Å²) in [4.78, 5) is 25.6. The molecule has 3 rings (SSSR count). The Bertz CT molecular complexity index is 1010. The van der Waals surface area contributed by atoms with Gasteiger partial charge in [0.05, 0.1) is 10.5 Å². The number of carboxylic acids is 1. The molecule has 0 spiro atoms. The Kier molecular flexibility index (Phi) is 6.58. The van der Waals surface area contributed by atoms with Gasteiger partial charge in [-0.3, -0.25) is 4.79 Å². The van der Waals surface area contributed by atoms with Gasteiger partial charge in [-0.05, 0) is 49.6 Å². The second-order valence-electron chi connectivity index (χ2n) is 7.69. The number of benzene rings is 2. The lowest BCUT2D eigenvalue weighted by Gasteiger charge is -2.32. The second kappa shape index (κ2) is 8.97. The minimum Gasteiger partial charge on any atom is -0.478 e. The van der Waals surface area contributed by atoms with Gasteiger partial charge in [-0.1, -0.05) is 29.8 Å². The van der Waals surface area contributed by atoms with Crippen LogP contribution in [0.25, 0.3) is 0 Å². The predicted molar refractivity (Wildman–Crippen MR) is 113 cm³/mol. The van der Waals surface area contributed by atoms with Crippen molar-refractivity contribution in [3.05, 3.63) is 65.2 Å². The molecule has 160 valence electrons. The standard InChI is InChI=1S/C22H26N2O5S/c1-16-3-9-20(10-4-16)30(28,29)24-13-11-18(12-14-24)21(25)23(2)15-17-5-7-19(8-6-17)22(26)27/h3-10,18H,11-15H2,1-2H3,(H,26,27). The molecule has 0 aromatic heterocycles. The molecule has 30 heavy (non-hydrogen) atoms. The van der Waals surface area contributed by atoms with Crippen molar-refractivity contribution < 1.29 is 23.1 Å². The molecule has 2 aromatic rings. The van der Waals surface area contributed by atoms with Gasteiger partial charge in [-0.25, -0.2) is 13.2 Å². The molecule has 1 amide bonds. The van der Waals surface area contributed by atoms with Crippen LogP contribution in [-0.4, -0.2) is 54.7 Å². The van der Waals surface area contributed by atoms with E-state index in [1.807, 2.05) is 6.92 Å². The largest absolute Gasteiger partial charge is 0.478 e. The Morgan fingerprint density at radius 3 is 2.13 bits per heavy atom. The number of carboxylic acid groups (broad SMARTS) is 1. The summed E-state index contributed by atoms with van der Waals surface area (Å²) in [7, 11) is -1.84. The Morgan fingerprint density at radius 1 is 1.03 bits per heavy atom. The molecule has 0 saturated carbocycles. The van der Waals surface area contributed by atoms with Crippen LogP contribution in [0.4, 0.5) is 0 Å². The molecule has 7 nitrogen and oxygen atoms in total. The molecule has 0 unspecified atom stereocenters. The topological polar surface area (TPSA) is 95.0 Å². The van der Waals surface area contributed by atoms with Crippen LogP contribution in [-0.2, 0) is 21.4 Å². The zero-order chi connectivity index (χ0) is 21.9. The smallest absolute Gasteiger partial charge is 0.335 e. The molecule has 1 aliphatic heterocycles. The first-order valence-corrected chi connectivity index (χ1v) is 11.3. The number of hydrogen-bond donors (Lipinski definition) is 1. The zero-order valence-corrected chi connectivity index (χ0v) is 17.9. The maximum Gasteiger partial charge on any atom is 0.335 e. The molecule has 0 radical (unpaired) electrons. The Balaban J connectivity index is 1.58. The number of sulfonamides is 1. The third kappa shape index (κ3) is 4.88. The van der Waals surface area contributed by atoms with Crippen LogP contribution < -0.4 is 0 Å². The van der Waals surface area contributed by atoms with E-state index >= 15 is 0 Å². The van der Waals surface area contributed by atoms with E-state index in [9.17, 15) is 18.0 Å². The minimum atomic E-state index is -3.55. The number of hydrogen-bond acceptors (Lipinski definition) is 4. The van der Waals surface area contributed by atoms with Crippen LogP contribution in [0.3, 0.4) is 0 Å². The number of rotatable bonds is 6. The van der Waals surface area contributed by atoms with Gasteiger partial charge >= 0.3 is 5.97 Å². The van der Waals surface area contributed by atoms with E-state index in [0.717, 1.165) is 11.1 Å². The number of piperidine rings is 1. The molecule has 0 aliphatic carbocycles. The van der Waals surface area contributed by atoms with E-state index < -0.39 is 16.0 Å². The first kappa shape index (κ1) is 22.0. The lowest BCUT2D eigenvalue weighted by Crippen LogP contribution is -2.43. The lowest BCUT2D eigenvalue weighted by molar-refractivity contribution is -0.135. The minimum absolute atomic E-state index is 0.0234. The van der Waals surface area contributed by atoms with Crippen LogP contribution in [0.2, 0.25) is 0 Å². The number of amides is 1. The average molecular weight is 431 g/mol. The maximum absolute atomic E-state index is 12.8. The van der Waals surface area contributed by atoms with Gasteiger partial charge in [0.1, 0.15) is 0 Å². The zero-order valence-electron chi connectivity index (χ0n) is 17.1. The third-order valence-corrected chi connectivity index (χ3v) is 7.37. The molecular weight excluding hydrogens is 404 g/mol. The van der Waals surface area contributed by atoms with Crippen molar-refractivity contribution in [3.63, 3.8) is 0 Å². The van der Waals surface area contributed by atoms with E-state index in [-0.39, 0.29) is 22.3 Å². The molecule has 1 aliphatic rings. The number of aromatic carboxylic acids is 1. The first-order chi connectivity index (χ1) is 14.2. The van der Waals surface area contributed by atoms with Gasteiger partial charge in [0.2, 0.25) is 15.9 Å². The van der Waals surface area contributed by atoms with Gasteiger partial charge in [0, 0.05) is 32.6 Å². The highest BCUT2D eigenvalue weighted by molar-refractivity contribution is 7.89. The van der Waals surface area contributed by atoms with Crippen molar-refractivity contribution in [3.8, 4) is 0 Å². The van der Waals surface area contributed by atoms with E-state index in [1.165, 1.54) is 16.4 Å². The van der Waals surface area contributed by atoms with Crippen molar-refractivity contribution in [2.75, 3.05) is 20.1 Å².